The molecule has 2 unspecified atom stereocenters. The van der Waals surface area contributed by atoms with E-state index >= 15 is 0 Å². The second-order valence-corrected chi connectivity index (χ2v) is 4.13. The highest BCUT2D eigenvalue weighted by Crippen LogP contribution is 2.20. The van der Waals surface area contributed by atoms with Crippen LogP contribution in [0.5, 0.6) is 0 Å². The smallest absolute Gasteiger partial charge is 0.343 e. The summed E-state index contributed by atoms with van der Waals surface area (Å²) in [6, 6.07) is 8.96. The summed E-state index contributed by atoms with van der Waals surface area (Å²) in [4.78, 5) is 11.2. The minimum absolute atomic E-state index is 0.0633. The average Bonchev–Trinajstić information content (AvgIpc) is 2.29. The minimum atomic E-state index is -2.04. The zero-order chi connectivity index (χ0) is 12.9. The van der Waals surface area contributed by atoms with Crippen LogP contribution in [0.3, 0.4) is 0 Å². The van der Waals surface area contributed by atoms with Gasteiger partial charge in [0.15, 0.2) is 0 Å². The lowest BCUT2D eigenvalue weighted by Crippen LogP contribution is -2.44. The van der Waals surface area contributed by atoms with Gasteiger partial charge in [-0.15, -0.1) is 0 Å². The molecule has 0 aromatic heterocycles. The first-order valence-electron chi connectivity index (χ1n) is 5.54. The van der Waals surface area contributed by atoms with E-state index in [0.717, 1.165) is 5.56 Å². The van der Waals surface area contributed by atoms with Gasteiger partial charge in [0, 0.05) is 6.42 Å². The van der Waals surface area contributed by atoms with Crippen LogP contribution in [0.15, 0.2) is 30.3 Å². The highest BCUT2D eigenvalue weighted by Gasteiger charge is 2.38. The Kier molecular flexibility index (Phi) is 4.63. The average molecular weight is 240 g/mol. The summed E-state index contributed by atoms with van der Waals surface area (Å²) in [5.41, 5.74) is -0.988. The molecule has 0 fully saturated rings. The van der Waals surface area contributed by atoms with Crippen LogP contribution >= 0.6 is 0 Å². The number of halogens is 1. The molecule has 1 rings (SSSR count). The molecule has 1 aromatic rings. The van der Waals surface area contributed by atoms with Crippen LogP contribution in [0.25, 0.3) is 0 Å². The second kappa shape index (κ2) is 5.77. The molecule has 0 aliphatic carbocycles. The number of hydrogen-bond acceptors (Lipinski definition) is 3. The van der Waals surface area contributed by atoms with Crippen molar-refractivity contribution in [1.82, 2.24) is 0 Å². The number of benzene rings is 1. The van der Waals surface area contributed by atoms with Gasteiger partial charge in [0.1, 0.15) is 5.60 Å². The molecule has 1 N–H and O–H groups in total. The van der Waals surface area contributed by atoms with Crippen LogP contribution in [0, 0.1) is 0 Å². The van der Waals surface area contributed by atoms with Gasteiger partial charge in [-0.2, -0.15) is 0 Å². The highest BCUT2D eigenvalue weighted by molar-refractivity contribution is 5.76. The molecule has 0 bridgehead atoms. The number of rotatable bonds is 5. The Balaban J connectivity index is 2.71. The maximum Gasteiger partial charge on any atom is 0.343 e. The van der Waals surface area contributed by atoms with Crippen molar-refractivity contribution in [2.75, 3.05) is 6.61 Å². The third kappa shape index (κ3) is 3.82. The normalized spacial score (nSPS) is 16.0. The van der Waals surface area contributed by atoms with E-state index in [-0.39, 0.29) is 13.0 Å². The molecule has 4 heteroatoms. The summed E-state index contributed by atoms with van der Waals surface area (Å²) >= 11 is 0. The molecule has 0 radical (unpaired) electrons. The van der Waals surface area contributed by atoms with E-state index in [4.69, 9.17) is 0 Å². The molecule has 0 aliphatic rings. The summed E-state index contributed by atoms with van der Waals surface area (Å²) in [6.45, 7) is 2.98. The first-order valence-corrected chi connectivity index (χ1v) is 5.54. The molecule has 0 heterocycles. The Labute approximate surface area is 100 Å². The van der Waals surface area contributed by atoms with E-state index < -0.39 is 17.7 Å². The fraction of sp³-hybridized carbons (Fsp3) is 0.462. The number of carbonyl (C=O) groups is 1. The van der Waals surface area contributed by atoms with E-state index in [1.54, 1.807) is 31.2 Å². The van der Waals surface area contributed by atoms with Crippen molar-refractivity contribution in [3.05, 3.63) is 35.9 Å². The predicted molar refractivity (Wildman–Crippen MR) is 62.3 cm³/mol. The SMILES string of the molecule is CCOC(=O)C(F)C(C)(O)Cc1ccccc1. The number of hydrogen-bond donors (Lipinski definition) is 1. The molecule has 0 spiro atoms. The van der Waals surface area contributed by atoms with Gasteiger partial charge in [-0.25, -0.2) is 9.18 Å². The Bertz CT molecular complexity index is 362. The largest absolute Gasteiger partial charge is 0.464 e. The molecule has 1 aromatic carbocycles. The van der Waals surface area contributed by atoms with Gasteiger partial charge < -0.3 is 9.84 Å². The molecule has 3 nitrogen and oxygen atoms in total. The number of aliphatic hydroxyl groups is 1. The summed E-state index contributed by atoms with van der Waals surface area (Å²) in [5.74, 6) is -1.02. The monoisotopic (exact) mass is 240 g/mol. The predicted octanol–water partition coefficient (Wildman–Crippen LogP) is 1.88. The lowest BCUT2D eigenvalue weighted by Gasteiger charge is -2.25. The van der Waals surface area contributed by atoms with Crippen LogP contribution in [0.2, 0.25) is 0 Å². The minimum Gasteiger partial charge on any atom is -0.464 e. The van der Waals surface area contributed by atoms with Gasteiger partial charge in [-0.3, -0.25) is 0 Å². The maximum atomic E-state index is 13.7. The third-order valence-electron chi connectivity index (χ3n) is 2.44. The summed E-state index contributed by atoms with van der Waals surface area (Å²) in [6.07, 6.45) is -1.98. The summed E-state index contributed by atoms with van der Waals surface area (Å²) < 4.78 is 18.3. The van der Waals surface area contributed by atoms with Gasteiger partial charge in [0.25, 0.3) is 0 Å². The molecule has 0 amide bonds. The lowest BCUT2D eigenvalue weighted by atomic mass is 9.92. The molecule has 0 saturated heterocycles. The molecule has 17 heavy (non-hydrogen) atoms. The van der Waals surface area contributed by atoms with E-state index in [1.807, 2.05) is 6.07 Å². The molecule has 0 saturated carbocycles. The Morgan fingerprint density at radius 3 is 2.59 bits per heavy atom. The second-order valence-electron chi connectivity index (χ2n) is 4.13. The van der Waals surface area contributed by atoms with Crippen LogP contribution in [0.1, 0.15) is 19.4 Å². The quantitative estimate of drug-likeness (QED) is 0.799. The zero-order valence-electron chi connectivity index (χ0n) is 10.0. The van der Waals surface area contributed by atoms with E-state index in [1.165, 1.54) is 6.92 Å². The van der Waals surface area contributed by atoms with Crippen molar-refractivity contribution in [2.24, 2.45) is 0 Å². The van der Waals surface area contributed by atoms with Crippen LogP contribution < -0.4 is 0 Å². The van der Waals surface area contributed by atoms with Gasteiger partial charge in [-0.1, -0.05) is 30.3 Å². The third-order valence-corrected chi connectivity index (χ3v) is 2.44. The molecule has 2 atom stereocenters. The van der Waals surface area contributed by atoms with Gasteiger partial charge in [0.2, 0.25) is 6.17 Å². The van der Waals surface area contributed by atoms with Crippen molar-refractivity contribution >= 4 is 5.97 Å². The van der Waals surface area contributed by atoms with Gasteiger partial charge in [0.05, 0.1) is 6.61 Å². The van der Waals surface area contributed by atoms with Gasteiger partial charge >= 0.3 is 5.97 Å². The van der Waals surface area contributed by atoms with Crippen molar-refractivity contribution in [2.45, 2.75) is 32.0 Å². The molecular weight excluding hydrogens is 223 g/mol. The lowest BCUT2D eigenvalue weighted by molar-refractivity contribution is -0.159. The van der Waals surface area contributed by atoms with Crippen molar-refractivity contribution in [3.63, 3.8) is 0 Å². The Morgan fingerprint density at radius 1 is 1.47 bits per heavy atom. The van der Waals surface area contributed by atoms with E-state index in [2.05, 4.69) is 4.74 Å². The topological polar surface area (TPSA) is 46.5 Å². The first kappa shape index (κ1) is 13.6. The maximum absolute atomic E-state index is 13.7. The fourth-order valence-electron chi connectivity index (χ4n) is 1.57. The van der Waals surface area contributed by atoms with Gasteiger partial charge in [-0.05, 0) is 19.4 Å². The molecule has 0 aliphatic heterocycles. The van der Waals surface area contributed by atoms with Crippen molar-refractivity contribution < 1.29 is 19.0 Å². The summed E-state index contributed by atoms with van der Waals surface area (Å²) in [5, 5.41) is 9.96. The van der Waals surface area contributed by atoms with Crippen LogP contribution in [-0.4, -0.2) is 29.5 Å². The Morgan fingerprint density at radius 2 is 2.06 bits per heavy atom. The standard InChI is InChI=1S/C13H17FO3/c1-3-17-12(15)11(14)13(2,16)9-10-7-5-4-6-8-10/h4-8,11,16H,3,9H2,1-2H3. The summed E-state index contributed by atoms with van der Waals surface area (Å²) in [7, 11) is 0. The van der Waals surface area contributed by atoms with E-state index in [9.17, 15) is 14.3 Å². The number of carbonyl (C=O) groups excluding carboxylic acids is 1. The number of esters is 1. The fourth-order valence-corrected chi connectivity index (χ4v) is 1.57. The Hall–Kier alpha value is -1.42. The number of ether oxygens (including phenoxy) is 1. The van der Waals surface area contributed by atoms with Crippen molar-refractivity contribution in [1.29, 1.82) is 0 Å². The molecule has 94 valence electrons. The highest BCUT2D eigenvalue weighted by atomic mass is 19.1. The van der Waals surface area contributed by atoms with E-state index in [0.29, 0.717) is 0 Å². The zero-order valence-corrected chi connectivity index (χ0v) is 10.0. The van der Waals surface area contributed by atoms with Crippen molar-refractivity contribution in [3.8, 4) is 0 Å². The number of alkyl halides is 1. The first-order chi connectivity index (χ1) is 7.97. The van der Waals surface area contributed by atoms with Crippen LogP contribution in [0.4, 0.5) is 4.39 Å². The molecular formula is C13H17FO3. The van der Waals surface area contributed by atoms with Crippen LogP contribution in [-0.2, 0) is 16.0 Å².